The molecule has 0 bridgehead atoms. The zero-order valence-corrected chi connectivity index (χ0v) is 17.5. The molecule has 9 nitrogen and oxygen atoms in total. The van der Waals surface area contributed by atoms with Gasteiger partial charge in [0.25, 0.3) is 11.8 Å². The van der Waals surface area contributed by atoms with E-state index in [2.05, 4.69) is 15.6 Å². The average Bonchev–Trinajstić information content (AvgIpc) is 2.77. The lowest BCUT2D eigenvalue weighted by molar-refractivity contribution is -0.124. The molecule has 31 heavy (non-hydrogen) atoms. The highest BCUT2D eigenvalue weighted by Gasteiger charge is 2.10. The number of ether oxygens (including phenoxy) is 3. The van der Waals surface area contributed by atoms with E-state index >= 15 is 0 Å². The minimum Gasteiger partial charge on any atom is -0.484 e. The summed E-state index contributed by atoms with van der Waals surface area (Å²) >= 11 is 5.57. The number of nitrogens with one attached hydrogen (secondary N) is 2. The number of carbonyl (C=O) groups is 2. The first-order valence-electron chi connectivity index (χ1n) is 9.29. The largest absolute Gasteiger partial charge is 0.484 e. The van der Waals surface area contributed by atoms with Gasteiger partial charge < -0.3 is 30.0 Å². The van der Waals surface area contributed by atoms with Gasteiger partial charge in [0.2, 0.25) is 5.88 Å². The van der Waals surface area contributed by atoms with Crippen molar-refractivity contribution >= 4 is 23.4 Å². The van der Waals surface area contributed by atoms with Gasteiger partial charge >= 0.3 is 0 Å². The monoisotopic (exact) mass is 455 g/mol. The van der Waals surface area contributed by atoms with Crippen LogP contribution in [0.15, 0.2) is 36.5 Å². The molecule has 0 aliphatic carbocycles. The molecule has 1 aromatic heterocycles. The summed E-state index contributed by atoms with van der Waals surface area (Å²) in [5, 5.41) is 14.9. The lowest BCUT2D eigenvalue weighted by atomic mass is 10.2. The summed E-state index contributed by atoms with van der Waals surface area (Å²) in [4.78, 5) is 27.5. The van der Waals surface area contributed by atoms with Gasteiger partial charge in [-0.05, 0) is 24.6 Å². The number of aromatic nitrogens is 1. The second kappa shape index (κ2) is 12.6. The van der Waals surface area contributed by atoms with Gasteiger partial charge in [0.15, 0.2) is 13.2 Å². The van der Waals surface area contributed by atoms with Gasteiger partial charge in [-0.25, -0.2) is 9.37 Å². The molecule has 1 heterocycles. The summed E-state index contributed by atoms with van der Waals surface area (Å²) in [6.45, 7) is -0.382. The lowest BCUT2D eigenvalue weighted by Crippen LogP contribution is -2.37. The number of hydrogen-bond donors (Lipinski definition) is 3. The Labute approximate surface area is 183 Å². The first-order chi connectivity index (χ1) is 14.9. The van der Waals surface area contributed by atoms with Gasteiger partial charge in [0.05, 0.1) is 24.4 Å². The van der Waals surface area contributed by atoms with Crippen LogP contribution in [-0.4, -0.2) is 61.4 Å². The predicted octanol–water partition coefficient (Wildman–Crippen LogP) is 1.32. The van der Waals surface area contributed by atoms with Crippen molar-refractivity contribution in [2.24, 2.45) is 0 Å². The summed E-state index contributed by atoms with van der Waals surface area (Å²) in [7, 11) is 1.49. The van der Waals surface area contributed by atoms with Crippen LogP contribution in [0.25, 0.3) is 0 Å². The van der Waals surface area contributed by atoms with Crippen molar-refractivity contribution in [2.75, 3.05) is 33.4 Å². The third-order valence-electron chi connectivity index (χ3n) is 3.88. The Kier molecular flexibility index (Phi) is 9.79. The fourth-order valence-corrected chi connectivity index (χ4v) is 2.37. The van der Waals surface area contributed by atoms with Crippen LogP contribution in [0.3, 0.4) is 0 Å². The molecular weight excluding hydrogens is 433 g/mol. The molecule has 2 aromatic rings. The molecule has 168 valence electrons. The maximum atomic E-state index is 13.3. The molecule has 2 amide bonds. The molecule has 0 spiro atoms. The fourth-order valence-electron chi connectivity index (χ4n) is 2.25. The van der Waals surface area contributed by atoms with Crippen LogP contribution in [-0.2, 0) is 9.59 Å². The number of aliphatic hydroxyl groups is 1. The van der Waals surface area contributed by atoms with Gasteiger partial charge in [0.1, 0.15) is 17.3 Å². The van der Waals surface area contributed by atoms with Crippen LogP contribution in [0.2, 0.25) is 5.02 Å². The number of pyridine rings is 1. The van der Waals surface area contributed by atoms with E-state index in [-0.39, 0.29) is 49.4 Å². The molecule has 0 aliphatic heterocycles. The minimum atomic E-state index is -0.871. The Balaban J connectivity index is 1.56. The Morgan fingerprint density at radius 1 is 1.13 bits per heavy atom. The Hall–Kier alpha value is -3.11. The molecule has 0 saturated carbocycles. The topological polar surface area (TPSA) is 119 Å². The van der Waals surface area contributed by atoms with Crippen molar-refractivity contribution in [3.05, 3.63) is 47.4 Å². The number of aliphatic hydroxyl groups excluding tert-OH is 1. The highest BCUT2D eigenvalue weighted by atomic mass is 35.5. The van der Waals surface area contributed by atoms with Crippen molar-refractivity contribution in [3.63, 3.8) is 0 Å². The number of methoxy groups -OCH3 is 1. The van der Waals surface area contributed by atoms with E-state index in [0.717, 1.165) is 6.07 Å². The highest BCUT2D eigenvalue weighted by Crippen LogP contribution is 2.20. The first-order valence-corrected chi connectivity index (χ1v) is 9.67. The Bertz CT molecular complexity index is 868. The zero-order chi connectivity index (χ0) is 22.6. The number of halogens is 2. The normalized spacial score (nSPS) is 11.4. The average molecular weight is 456 g/mol. The Morgan fingerprint density at radius 2 is 1.81 bits per heavy atom. The number of nitrogens with zero attached hydrogens (tertiary/aromatic N) is 1. The SMILES string of the molecule is COc1ccc(OCC(=O)NCC[C@H](O)CNC(=O)COc2ccc(Cl)c(F)c2)cn1. The third-order valence-corrected chi connectivity index (χ3v) is 4.19. The van der Waals surface area contributed by atoms with Crippen molar-refractivity contribution in [1.82, 2.24) is 15.6 Å². The van der Waals surface area contributed by atoms with Gasteiger partial charge in [-0.2, -0.15) is 0 Å². The number of rotatable bonds is 12. The molecule has 0 aliphatic rings. The zero-order valence-electron chi connectivity index (χ0n) is 16.8. The lowest BCUT2D eigenvalue weighted by Gasteiger charge is -2.13. The molecular formula is C20H23ClFN3O6. The number of amides is 2. The van der Waals surface area contributed by atoms with Gasteiger partial charge in [0, 0.05) is 25.2 Å². The Morgan fingerprint density at radius 3 is 2.45 bits per heavy atom. The molecule has 1 aromatic carbocycles. The van der Waals surface area contributed by atoms with Crippen LogP contribution >= 0.6 is 11.6 Å². The quantitative estimate of drug-likeness (QED) is 0.441. The van der Waals surface area contributed by atoms with E-state index in [1.54, 1.807) is 12.1 Å². The van der Waals surface area contributed by atoms with E-state index in [9.17, 15) is 19.1 Å². The van der Waals surface area contributed by atoms with Crippen molar-refractivity contribution < 1.29 is 33.3 Å². The number of benzene rings is 1. The molecule has 0 fully saturated rings. The van der Waals surface area contributed by atoms with Crippen molar-refractivity contribution in [2.45, 2.75) is 12.5 Å². The molecule has 1 atom stereocenters. The van der Waals surface area contributed by atoms with E-state index in [4.69, 9.17) is 25.8 Å². The number of carbonyl (C=O) groups excluding carboxylic acids is 2. The summed E-state index contributed by atoms with van der Waals surface area (Å²) in [5.74, 6) is -0.489. The molecule has 2 rings (SSSR count). The number of hydrogen-bond acceptors (Lipinski definition) is 7. The molecule has 0 unspecified atom stereocenters. The summed E-state index contributed by atoms with van der Waals surface area (Å²) in [6.07, 6.45) is 0.786. The maximum absolute atomic E-state index is 13.3. The second-order valence-corrected chi connectivity index (χ2v) is 6.69. The second-order valence-electron chi connectivity index (χ2n) is 6.29. The third kappa shape index (κ3) is 9.06. The standard InChI is InChI=1S/C20H23ClFN3O6/c1-29-20-5-3-15(10-25-20)31-11-18(27)23-7-6-13(26)9-24-19(28)12-30-14-2-4-16(21)17(22)8-14/h2-5,8,10,13,26H,6-7,9,11-12H2,1H3,(H,23,27)(H,24,28)/t13-/m0/s1. The molecule has 3 N–H and O–H groups in total. The van der Waals surface area contributed by atoms with Gasteiger partial charge in [-0.15, -0.1) is 0 Å². The van der Waals surface area contributed by atoms with E-state index in [0.29, 0.717) is 11.6 Å². The van der Waals surface area contributed by atoms with Crippen LogP contribution in [0.5, 0.6) is 17.4 Å². The van der Waals surface area contributed by atoms with E-state index < -0.39 is 17.8 Å². The fraction of sp³-hybridized carbons (Fsp3) is 0.350. The van der Waals surface area contributed by atoms with Crippen LogP contribution in [0.4, 0.5) is 4.39 Å². The first kappa shape index (κ1) is 24.2. The maximum Gasteiger partial charge on any atom is 0.258 e. The van der Waals surface area contributed by atoms with Crippen molar-refractivity contribution in [3.8, 4) is 17.4 Å². The van der Waals surface area contributed by atoms with Crippen molar-refractivity contribution in [1.29, 1.82) is 0 Å². The molecule has 0 saturated heterocycles. The molecule has 11 heteroatoms. The predicted molar refractivity (Wildman–Crippen MR) is 110 cm³/mol. The molecule has 0 radical (unpaired) electrons. The minimum absolute atomic E-state index is 0.0267. The van der Waals surface area contributed by atoms with Gasteiger partial charge in [-0.1, -0.05) is 11.6 Å². The van der Waals surface area contributed by atoms with E-state index in [1.807, 2.05) is 0 Å². The van der Waals surface area contributed by atoms with E-state index in [1.165, 1.54) is 25.4 Å². The highest BCUT2D eigenvalue weighted by molar-refractivity contribution is 6.30. The van der Waals surface area contributed by atoms with Crippen LogP contribution < -0.4 is 24.8 Å². The summed E-state index contributed by atoms with van der Waals surface area (Å²) in [6, 6.07) is 7.06. The van der Waals surface area contributed by atoms with Crippen LogP contribution in [0.1, 0.15) is 6.42 Å². The summed E-state index contributed by atoms with van der Waals surface area (Å²) < 4.78 is 28.7. The van der Waals surface area contributed by atoms with Crippen LogP contribution in [0, 0.1) is 5.82 Å². The van der Waals surface area contributed by atoms with Gasteiger partial charge in [-0.3, -0.25) is 9.59 Å². The summed E-state index contributed by atoms with van der Waals surface area (Å²) in [5.41, 5.74) is 0. The smallest absolute Gasteiger partial charge is 0.258 e.